The normalized spacial score (nSPS) is 12.4. The zero-order valence-electron chi connectivity index (χ0n) is 50.6. The number of rotatable bonds is 65. The van der Waals surface area contributed by atoms with Crippen LogP contribution in [0, 0.1) is 0 Å². The molecule has 0 aliphatic carbocycles. The van der Waals surface area contributed by atoms with Crippen molar-refractivity contribution in [3.8, 4) is 0 Å². The summed E-state index contributed by atoms with van der Waals surface area (Å²) < 4.78 is 5.49. The Morgan fingerprint density at radius 3 is 0.824 bits per heavy atom. The zero-order valence-corrected chi connectivity index (χ0v) is 50.6. The fourth-order valence-electron chi connectivity index (χ4n) is 11.2. The van der Waals surface area contributed by atoms with Gasteiger partial charge in [-0.1, -0.05) is 361 Å². The van der Waals surface area contributed by atoms with Crippen LogP contribution in [0.25, 0.3) is 0 Å². The van der Waals surface area contributed by atoms with Gasteiger partial charge in [-0.2, -0.15) is 0 Å². The second-order valence-electron chi connectivity index (χ2n) is 23.9. The van der Waals surface area contributed by atoms with Crippen molar-refractivity contribution < 1.29 is 24.5 Å². The first-order valence-corrected chi connectivity index (χ1v) is 34.3. The van der Waals surface area contributed by atoms with E-state index < -0.39 is 12.1 Å². The highest BCUT2D eigenvalue weighted by atomic mass is 16.5. The molecule has 0 heterocycles. The lowest BCUT2D eigenvalue weighted by Crippen LogP contribution is -2.45. The lowest BCUT2D eigenvalue weighted by molar-refractivity contribution is -0.143. The predicted molar refractivity (Wildman–Crippen MR) is 324 cm³/mol. The number of aliphatic hydroxyl groups is 2. The average molecular weight is 1050 g/mol. The molecule has 0 rings (SSSR count). The molecule has 1 amide bonds. The molecule has 2 atom stereocenters. The number of carbonyl (C=O) groups is 2. The van der Waals surface area contributed by atoms with E-state index in [1.807, 2.05) is 0 Å². The van der Waals surface area contributed by atoms with Gasteiger partial charge in [0.1, 0.15) is 0 Å². The summed E-state index contributed by atoms with van der Waals surface area (Å²) in [5.41, 5.74) is 0. The van der Waals surface area contributed by atoms with E-state index in [9.17, 15) is 19.8 Å². The Bertz CT molecular complexity index is 1070. The number of esters is 1. The lowest BCUT2D eigenvalue weighted by Gasteiger charge is -2.22. The highest BCUT2D eigenvalue weighted by molar-refractivity contribution is 5.76. The van der Waals surface area contributed by atoms with Gasteiger partial charge >= 0.3 is 5.97 Å². The van der Waals surface area contributed by atoms with Crippen LogP contribution in [-0.2, 0) is 14.3 Å². The summed E-state index contributed by atoms with van der Waals surface area (Å²) in [5, 5.41) is 23.4. The Labute approximate surface area is 464 Å². The summed E-state index contributed by atoms with van der Waals surface area (Å²) in [6, 6.07) is -0.538. The molecule has 0 aromatic heterocycles. The minimum absolute atomic E-state index is 0.0208. The molecule has 3 N–H and O–H groups in total. The number of aliphatic hydroxyl groups excluding tert-OH is 2. The summed E-state index contributed by atoms with van der Waals surface area (Å²) in [7, 11) is 0. The van der Waals surface area contributed by atoms with Gasteiger partial charge in [-0.05, 0) is 25.7 Å². The molecule has 0 aliphatic rings. The van der Waals surface area contributed by atoms with E-state index in [0.717, 1.165) is 38.5 Å². The first-order valence-electron chi connectivity index (χ1n) is 34.3. The van der Waals surface area contributed by atoms with Gasteiger partial charge in [0.2, 0.25) is 5.91 Å². The Morgan fingerprint density at radius 1 is 0.324 bits per heavy atom. The molecular formula is C68H135NO5. The maximum Gasteiger partial charge on any atom is 0.305 e. The van der Waals surface area contributed by atoms with Gasteiger partial charge in [0.15, 0.2) is 0 Å². The highest BCUT2D eigenvalue weighted by Crippen LogP contribution is 2.19. The van der Waals surface area contributed by atoms with Gasteiger partial charge in [-0.25, -0.2) is 0 Å². The Hall–Kier alpha value is -1.14. The molecule has 0 radical (unpaired) electrons. The molecule has 442 valence electrons. The fourth-order valence-corrected chi connectivity index (χ4v) is 11.2. The molecular weight excluding hydrogens is 911 g/mol. The van der Waals surface area contributed by atoms with Crippen molar-refractivity contribution >= 4 is 11.9 Å². The SMILES string of the molecule is CCCCCCCCCCCCCCCCCCCC(O)C(CO)NC(=O)CCCCCCCCCCCCCCCCCCCCCCCCCCCCCOC(=O)CCCCCCCCCCCCCCC. The quantitative estimate of drug-likeness (QED) is 0.0417. The van der Waals surface area contributed by atoms with Crippen LogP contribution in [0.4, 0.5) is 0 Å². The van der Waals surface area contributed by atoms with Crippen LogP contribution in [0.5, 0.6) is 0 Å². The van der Waals surface area contributed by atoms with E-state index >= 15 is 0 Å². The Morgan fingerprint density at radius 2 is 0.554 bits per heavy atom. The fraction of sp³-hybridized carbons (Fsp3) is 0.971. The Balaban J connectivity index is 3.33. The molecule has 0 aromatic rings. The van der Waals surface area contributed by atoms with Crippen LogP contribution >= 0.6 is 0 Å². The summed E-state index contributed by atoms with van der Waals surface area (Å²) in [5.74, 6) is -0.00713. The van der Waals surface area contributed by atoms with Crippen LogP contribution in [0.2, 0.25) is 0 Å². The lowest BCUT2D eigenvalue weighted by atomic mass is 10.0. The molecule has 2 unspecified atom stereocenters. The average Bonchev–Trinajstić information content (AvgIpc) is 3.40. The van der Waals surface area contributed by atoms with E-state index in [-0.39, 0.29) is 18.5 Å². The van der Waals surface area contributed by atoms with Gasteiger partial charge in [-0.15, -0.1) is 0 Å². The van der Waals surface area contributed by atoms with Crippen LogP contribution in [-0.4, -0.2) is 47.4 Å². The maximum absolute atomic E-state index is 12.5. The van der Waals surface area contributed by atoms with E-state index in [1.54, 1.807) is 0 Å². The molecule has 6 heteroatoms. The van der Waals surface area contributed by atoms with Crippen molar-refractivity contribution in [1.82, 2.24) is 5.32 Å². The maximum atomic E-state index is 12.5. The zero-order chi connectivity index (χ0) is 53.6. The van der Waals surface area contributed by atoms with Gasteiger partial charge in [0.25, 0.3) is 0 Å². The number of ether oxygens (including phenoxy) is 1. The molecule has 6 nitrogen and oxygen atoms in total. The minimum atomic E-state index is -0.661. The number of carbonyl (C=O) groups excluding carboxylic acids is 2. The highest BCUT2D eigenvalue weighted by Gasteiger charge is 2.20. The first-order chi connectivity index (χ1) is 36.5. The molecule has 0 fully saturated rings. The summed E-state index contributed by atoms with van der Waals surface area (Å²) in [6.07, 6.45) is 77.1. The van der Waals surface area contributed by atoms with Crippen molar-refractivity contribution in [2.24, 2.45) is 0 Å². The molecule has 0 saturated carbocycles. The van der Waals surface area contributed by atoms with Gasteiger partial charge in [-0.3, -0.25) is 9.59 Å². The smallest absolute Gasteiger partial charge is 0.305 e. The summed E-state index contributed by atoms with van der Waals surface area (Å²) in [6.45, 7) is 5.00. The van der Waals surface area contributed by atoms with E-state index in [1.165, 1.54) is 327 Å². The van der Waals surface area contributed by atoms with Crippen molar-refractivity contribution in [1.29, 1.82) is 0 Å². The molecule has 0 aliphatic heterocycles. The standard InChI is InChI=1S/C68H135NO5/c1-3-5-7-9-11-13-15-17-18-30-33-37-40-44-48-52-56-60-66(71)65(64-70)69-67(72)61-57-53-49-45-41-38-34-31-28-26-24-22-20-19-21-23-25-27-29-32-35-39-43-47-51-55-59-63-74-68(73)62-58-54-50-46-42-36-16-14-12-10-8-6-4-2/h65-66,70-71H,3-64H2,1-2H3,(H,69,72). The third kappa shape index (κ3) is 60.1. The second-order valence-corrected chi connectivity index (χ2v) is 23.9. The monoisotopic (exact) mass is 1050 g/mol. The topological polar surface area (TPSA) is 95.9 Å². The third-order valence-electron chi connectivity index (χ3n) is 16.4. The van der Waals surface area contributed by atoms with Crippen molar-refractivity contribution in [2.45, 2.75) is 411 Å². The molecule has 0 aromatic carbocycles. The number of hydrogen-bond donors (Lipinski definition) is 3. The van der Waals surface area contributed by atoms with Crippen molar-refractivity contribution in [3.05, 3.63) is 0 Å². The molecule has 0 bridgehead atoms. The molecule has 0 spiro atoms. The van der Waals surface area contributed by atoms with Gasteiger partial charge in [0, 0.05) is 12.8 Å². The van der Waals surface area contributed by atoms with E-state index in [0.29, 0.717) is 25.9 Å². The largest absolute Gasteiger partial charge is 0.466 e. The van der Waals surface area contributed by atoms with Gasteiger partial charge < -0.3 is 20.3 Å². The number of nitrogens with one attached hydrogen (secondary N) is 1. The van der Waals surface area contributed by atoms with Crippen molar-refractivity contribution in [3.63, 3.8) is 0 Å². The number of unbranched alkanes of at least 4 members (excludes halogenated alkanes) is 54. The molecule has 74 heavy (non-hydrogen) atoms. The van der Waals surface area contributed by atoms with Crippen LogP contribution in [0.15, 0.2) is 0 Å². The number of amides is 1. The van der Waals surface area contributed by atoms with Crippen LogP contribution in [0.1, 0.15) is 399 Å². The van der Waals surface area contributed by atoms with Gasteiger partial charge in [0.05, 0.1) is 25.4 Å². The van der Waals surface area contributed by atoms with Crippen LogP contribution < -0.4 is 5.32 Å². The van der Waals surface area contributed by atoms with E-state index in [4.69, 9.17) is 4.74 Å². The summed E-state index contributed by atoms with van der Waals surface area (Å²) in [4.78, 5) is 24.6. The minimum Gasteiger partial charge on any atom is -0.466 e. The van der Waals surface area contributed by atoms with E-state index in [2.05, 4.69) is 19.2 Å². The van der Waals surface area contributed by atoms with Crippen LogP contribution in [0.3, 0.4) is 0 Å². The predicted octanol–water partition coefficient (Wildman–Crippen LogP) is 21.8. The molecule has 0 saturated heterocycles. The number of hydrogen-bond acceptors (Lipinski definition) is 5. The Kier molecular flexibility index (Phi) is 63.4. The third-order valence-corrected chi connectivity index (χ3v) is 16.4. The first kappa shape index (κ1) is 72.9. The second kappa shape index (κ2) is 64.4. The van der Waals surface area contributed by atoms with Crippen molar-refractivity contribution in [2.75, 3.05) is 13.2 Å². The summed E-state index contributed by atoms with van der Waals surface area (Å²) >= 11 is 0.